The van der Waals surface area contributed by atoms with Gasteiger partial charge in [-0.2, -0.15) is 5.10 Å². The van der Waals surface area contributed by atoms with Gasteiger partial charge in [0, 0.05) is 31.9 Å². The lowest BCUT2D eigenvalue weighted by atomic mass is 9.80. The maximum Gasteiger partial charge on any atom is 0.257 e. The van der Waals surface area contributed by atoms with Gasteiger partial charge in [-0.25, -0.2) is 0 Å². The highest BCUT2D eigenvalue weighted by Gasteiger charge is 2.30. The summed E-state index contributed by atoms with van der Waals surface area (Å²) in [4.78, 5) is 15.2. The van der Waals surface area contributed by atoms with Gasteiger partial charge in [-0.05, 0) is 47.9 Å². The van der Waals surface area contributed by atoms with Crippen LogP contribution in [0.25, 0.3) is 0 Å². The van der Waals surface area contributed by atoms with E-state index >= 15 is 0 Å². The molecule has 162 valence electrons. The van der Waals surface area contributed by atoms with Crippen molar-refractivity contribution in [2.24, 2.45) is 0 Å². The van der Waals surface area contributed by atoms with E-state index in [0.29, 0.717) is 18.7 Å². The van der Waals surface area contributed by atoms with Crippen LogP contribution in [-0.4, -0.2) is 46.9 Å². The maximum atomic E-state index is 13.2. The fraction of sp³-hybridized carbons (Fsp3) is 0.583. The predicted molar refractivity (Wildman–Crippen MR) is 118 cm³/mol. The van der Waals surface area contributed by atoms with Crippen LogP contribution in [0, 0.1) is 0 Å². The standard InChI is InChI=1S/C24H34N4O2/c1-16(2)28-13-18(12-26-28)23(29)27-8-6-17-10-19(24(3,4)5)11-20(21(17)14-27)22-15-30-9-7-25-22/h10-13,16,22,25H,6-9,14-15H2,1-5H3/t22-/m0/s1. The molecule has 2 aliphatic heterocycles. The van der Waals surface area contributed by atoms with Crippen molar-refractivity contribution in [2.45, 2.75) is 65.1 Å². The summed E-state index contributed by atoms with van der Waals surface area (Å²) in [5.41, 5.74) is 6.03. The summed E-state index contributed by atoms with van der Waals surface area (Å²) in [5, 5.41) is 7.96. The molecule has 6 nitrogen and oxygen atoms in total. The third kappa shape index (κ3) is 4.16. The average molecular weight is 411 g/mol. The maximum absolute atomic E-state index is 13.2. The molecule has 1 fully saturated rings. The van der Waals surface area contributed by atoms with Gasteiger partial charge >= 0.3 is 0 Å². The van der Waals surface area contributed by atoms with Crippen LogP contribution in [0.5, 0.6) is 0 Å². The molecule has 4 rings (SSSR count). The van der Waals surface area contributed by atoms with Crippen molar-refractivity contribution in [1.29, 1.82) is 0 Å². The minimum Gasteiger partial charge on any atom is -0.378 e. The number of ether oxygens (including phenoxy) is 1. The lowest BCUT2D eigenvalue weighted by Crippen LogP contribution is -2.39. The Morgan fingerprint density at radius 1 is 1.30 bits per heavy atom. The number of aromatic nitrogens is 2. The van der Waals surface area contributed by atoms with Gasteiger partial charge in [-0.3, -0.25) is 9.48 Å². The summed E-state index contributed by atoms with van der Waals surface area (Å²) >= 11 is 0. The zero-order chi connectivity index (χ0) is 21.5. The molecule has 1 saturated heterocycles. The Morgan fingerprint density at radius 2 is 2.10 bits per heavy atom. The van der Waals surface area contributed by atoms with Gasteiger partial charge < -0.3 is 15.0 Å². The van der Waals surface area contributed by atoms with Gasteiger partial charge in [0.05, 0.1) is 31.0 Å². The molecular weight excluding hydrogens is 376 g/mol. The van der Waals surface area contributed by atoms with E-state index < -0.39 is 0 Å². The highest BCUT2D eigenvalue weighted by atomic mass is 16.5. The SMILES string of the molecule is CC(C)n1cc(C(=O)N2CCc3cc(C(C)(C)C)cc([C@@H]4COCCN4)c3C2)cn1. The number of amides is 1. The molecule has 0 aliphatic carbocycles. The van der Waals surface area contributed by atoms with Crippen molar-refractivity contribution in [3.05, 3.63) is 52.3 Å². The Labute approximate surface area is 179 Å². The van der Waals surface area contributed by atoms with E-state index in [2.05, 4.69) is 57.2 Å². The van der Waals surface area contributed by atoms with Gasteiger partial charge in [0.25, 0.3) is 5.91 Å². The zero-order valence-electron chi connectivity index (χ0n) is 18.9. The number of nitrogens with one attached hydrogen (secondary N) is 1. The van der Waals surface area contributed by atoms with E-state index in [1.807, 2.05) is 15.8 Å². The number of carbonyl (C=O) groups is 1. The van der Waals surface area contributed by atoms with Crippen LogP contribution in [0.2, 0.25) is 0 Å². The van der Waals surface area contributed by atoms with Gasteiger partial charge in [-0.15, -0.1) is 0 Å². The second-order valence-electron chi connectivity index (χ2n) is 9.81. The van der Waals surface area contributed by atoms with Gasteiger partial charge in [0.15, 0.2) is 0 Å². The molecule has 0 bridgehead atoms. The Hall–Kier alpha value is -2.18. The van der Waals surface area contributed by atoms with Gasteiger partial charge in [-0.1, -0.05) is 32.9 Å². The highest BCUT2D eigenvalue weighted by Crippen LogP contribution is 2.34. The molecule has 0 saturated carbocycles. The van der Waals surface area contributed by atoms with Crippen LogP contribution in [0.1, 0.15) is 79.3 Å². The third-order valence-electron chi connectivity index (χ3n) is 6.20. The second-order valence-corrected chi connectivity index (χ2v) is 9.81. The molecule has 2 aromatic rings. The van der Waals surface area contributed by atoms with Crippen LogP contribution in [0.4, 0.5) is 0 Å². The number of hydrogen-bond acceptors (Lipinski definition) is 4. The molecule has 2 aliphatic rings. The topological polar surface area (TPSA) is 59.4 Å². The van der Waals surface area contributed by atoms with Crippen molar-refractivity contribution in [1.82, 2.24) is 20.0 Å². The summed E-state index contributed by atoms with van der Waals surface area (Å²) in [5.74, 6) is 0.0613. The highest BCUT2D eigenvalue weighted by molar-refractivity contribution is 5.93. The second kappa shape index (κ2) is 8.16. The number of rotatable bonds is 3. The smallest absolute Gasteiger partial charge is 0.257 e. The van der Waals surface area contributed by atoms with E-state index in [4.69, 9.17) is 4.74 Å². The molecule has 1 atom stereocenters. The lowest BCUT2D eigenvalue weighted by Gasteiger charge is -2.35. The number of carbonyl (C=O) groups excluding carboxylic acids is 1. The number of nitrogens with zero attached hydrogens (tertiary/aromatic N) is 3. The van der Waals surface area contributed by atoms with E-state index in [-0.39, 0.29) is 23.4 Å². The monoisotopic (exact) mass is 410 g/mol. The number of hydrogen-bond donors (Lipinski definition) is 1. The molecular formula is C24H34N4O2. The molecule has 1 aromatic heterocycles. The molecule has 0 spiro atoms. The molecule has 1 N–H and O–H groups in total. The van der Waals surface area contributed by atoms with Crippen LogP contribution >= 0.6 is 0 Å². The summed E-state index contributed by atoms with van der Waals surface area (Å²) in [6, 6.07) is 5.10. The Morgan fingerprint density at radius 3 is 2.73 bits per heavy atom. The first kappa shape index (κ1) is 21.1. The van der Waals surface area contributed by atoms with Crippen LogP contribution in [0.15, 0.2) is 24.5 Å². The predicted octanol–water partition coefficient (Wildman–Crippen LogP) is 3.62. The fourth-order valence-corrected chi connectivity index (χ4v) is 4.29. The fourth-order valence-electron chi connectivity index (χ4n) is 4.29. The first-order chi connectivity index (χ1) is 14.2. The molecule has 0 unspecified atom stereocenters. The summed E-state index contributed by atoms with van der Waals surface area (Å²) in [6.07, 6.45) is 4.44. The van der Waals surface area contributed by atoms with Crippen molar-refractivity contribution in [3.8, 4) is 0 Å². The lowest BCUT2D eigenvalue weighted by molar-refractivity contribution is 0.0715. The molecule has 1 amide bonds. The minimum atomic E-state index is 0.0613. The van der Waals surface area contributed by atoms with E-state index in [9.17, 15) is 4.79 Å². The summed E-state index contributed by atoms with van der Waals surface area (Å²) in [6.45, 7) is 14.6. The normalized spacial score (nSPS) is 19.8. The van der Waals surface area contributed by atoms with E-state index in [0.717, 1.165) is 26.1 Å². The van der Waals surface area contributed by atoms with Crippen molar-refractivity contribution >= 4 is 5.91 Å². The van der Waals surface area contributed by atoms with E-state index in [1.54, 1.807) is 6.20 Å². The molecule has 1 aromatic carbocycles. The van der Waals surface area contributed by atoms with Crippen molar-refractivity contribution in [2.75, 3.05) is 26.3 Å². The Kier molecular flexibility index (Phi) is 5.73. The minimum absolute atomic E-state index is 0.0613. The molecule has 30 heavy (non-hydrogen) atoms. The Bertz CT molecular complexity index is 920. The van der Waals surface area contributed by atoms with Crippen molar-refractivity contribution in [3.63, 3.8) is 0 Å². The summed E-state index contributed by atoms with van der Waals surface area (Å²) in [7, 11) is 0. The first-order valence-corrected chi connectivity index (χ1v) is 11.0. The largest absolute Gasteiger partial charge is 0.378 e. The molecule has 3 heterocycles. The van der Waals surface area contributed by atoms with Gasteiger partial charge in [0.2, 0.25) is 0 Å². The number of benzene rings is 1. The number of fused-ring (bicyclic) bond motifs is 1. The third-order valence-corrected chi connectivity index (χ3v) is 6.20. The molecule has 0 radical (unpaired) electrons. The first-order valence-electron chi connectivity index (χ1n) is 11.0. The van der Waals surface area contributed by atoms with E-state index in [1.165, 1.54) is 22.3 Å². The summed E-state index contributed by atoms with van der Waals surface area (Å²) < 4.78 is 7.61. The zero-order valence-corrected chi connectivity index (χ0v) is 18.9. The van der Waals surface area contributed by atoms with Crippen LogP contribution in [0.3, 0.4) is 0 Å². The van der Waals surface area contributed by atoms with Crippen molar-refractivity contribution < 1.29 is 9.53 Å². The molecule has 6 heteroatoms. The Balaban J connectivity index is 1.66. The quantitative estimate of drug-likeness (QED) is 0.840. The van der Waals surface area contributed by atoms with Crippen LogP contribution < -0.4 is 5.32 Å². The van der Waals surface area contributed by atoms with Crippen LogP contribution in [-0.2, 0) is 23.1 Å². The number of morpholine rings is 1. The average Bonchev–Trinajstić information content (AvgIpc) is 3.22. The van der Waals surface area contributed by atoms with Gasteiger partial charge in [0.1, 0.15) is 0 Å².